The molecule has 0 amide bonds. The minimum absolute atomic E-state index is 0.136. The maximum absolute atomic E-state index is 11.7. The second kappa shape index (κ2) is 5.74. The van der Waals surface area contributed by atoms with Gasteiger partial charge in [-0.05, 0) is 26.7 Å². The van der Waals surface area contributed by atoms with Gasteiger partial charge in [0, 0.05) is 19.0 Å². The van der Waals surface area contributed by atoms with Crippen LogP contribution in [0, 0.1) is 24.2 Å². The zero-order chi connectivity index (χ0) is 13.8. The number of carbonyl (C=O) groups is 1. The second-order valence-electron chi connectivity index (χ2n) is 4.63. The maximum atomic E-state index is 11.7. The Labute approximate surface area is 112 Å². The van der Waals surface area contributed by atoms with Crippen LogP contribution in [0.1, 0.15) is 35.9 Å². The summed E-state index contributed by atoms with van der Waals surface area (Å²) in [5, 5.41) is 8.87. The molecule has 6 nitrogen and oxygen atoms in total. The first-order valence-electron chi connectivity index (χ1n) is 6.54. The molecule has 2 heterocycles. The first-order valence-corrected chi connectivity index (χ1v) is 6.54. The molecule has 0 unspecified atom stereocenters. The van der Waals surface area contributed by atoms with Crippen LogP contribution in [0.2, 0.25) is 0 Å². The summed E-state index contributed by atoms with van der Waals surface area (Å²) >= 11 is 0. The molecule has 1 fully saturated rings. The lowest BCUT2D eigenvalue weighted by atomic mass is 9.99. The zero-order valence-electron chi connectivity index (χ0n) is 11.3. The minimum atomic E-state index is -0.370. The zero-order valence-corrected chi connectivity index (χ0v) is 11.3. The van der Waals surface area contributed by atoms with Gasteiger partial charge in [-0.15, -0.1) is 0 Å². The Morgan fingerprint density at radius 1 is 1.58 bits per heavy atom. The number of aryl methyl sites for hydroxylation is 1. The number of ether oxygens (including phenoxy) is 1. The third kappa shape index (κ3) is 2.87. The van der Waals surface area contributed by atoms with Crippen LogP contribution >= 0.6 is 0 Å². The van der Waals surface area contributed by atoms with Gasteiger partial charge < -0.3 is 14.6 Å². The van der Waals surface area contributed by atoms with E-state index in [4.69, 9.17) is 10.00 Å². The second-order valence-corrected chi connectivity index (χ2v) is 4.63. The largest absolute Gasteiger partial charge is 0.461 e. The van der Waals surface area contributed by atoms with E-state index in [2.05, 4.69) is 20.9 Å². The average molecular weight is 262 g/mol. The van der Waals surface area contributed by atoms with Crippen molar-refractivity contribution in [3.63, 3.8) is 0 Å². The summed E-state index contributed by atoms with van der Waals surface area (Å²) in [4.78, 5) is 21.2. The van der Waals surface area contributed by atoms with Crippen LogP contribution in [0.3, 0.4) is 0 Å². The molecule has 0 bridgehead atoms. The molecule has 19 heavy (non-hydrogen) atoms. The average Bonchev–Trinajstić information content (AvgIpc) is 2.81. The number of piperidine rings is 1. The molecule has 1 N–H and O–H groups in total. The third-order valence-electron chi connectivity index (χ3n) is 3.33. The van der Waals surface area contributed by atoms with E-state index in [1.807, 2.05) is 0 Å². The van der Waals surface area contributed by atoms with Crippen molar-refractivity contribution in [2.45, 2.75) is 26.7 Å². The minimum Gasteiger partial charge on any atom is -0.461 e. The highest BCUT2D eigenvalue weighted by atomic mass is 16.5. The number of aromatic nitrogens is 2. The Morgan fingerprint density at radius 3 is 2.84 bits per heavy atom. The maximum Gasteiger partial charge on any atom is 0.356 e. The van der Waals surface area contributed by atoms with Gasteiger partial charge in [-0.25, -0.2) is 9.78 Å². The molecule has 2 rings (SSSR count). The molecule has 1 aliphatic rings. The number of H-pyrrole nitrogens is 1. The third-order valence-corrected chi connectivity index (χ3v) is 3.33. The summed E-state index contributed by atoms with van der Waals surface area (Å²) in [5.41, 5.74) is 1.06. The number of carbonyl (C=O) groups excluding carboxylic acids is 1. The van der Waals surface area contributed by atoms with Crippen molar-refractivity contribution in [3.05, 3.63) is 11.4 Å². The number of nitrogens with zero attached hydrogens (tertiary/aromatic N) is 3. The van der Waals surface area contributed by atoms with Gasteiger partial charge in [-0.2, -0.15) is 5.26 Å². The van der Waals surface area contributed by atoms with E-state index in [1.54, 1.807) is 13.8 Å². The fourth-order valence-corrected chi connectivity index (χ4v) is 2.22. The number of imidazole rings is 1. The molecule has 102 valence electrons. The van der Waals surface area contributed by atoms with E-state index in [1.165, 1.54) is 0 Å². The number of esters is 1. The summed E-state index contributed by atoms with van der Waals surface area (Å²) in [7, 11) is 0. The van der Waals surface area contributed by atoms with Crippen molar-refractivity contribution in [2.24, 2.45) is 5.92 Å². The number of nitrogens with one attached hydrogen (secondary N) is 1. The lowest BCUT2D eigenvalue weighted by Crippen LogP contribution is -2.34. The van der Waals surface area contributed by atoms with Crippen LogP contribution in [-0.4, -0.2) is 35.6 Å². The molecule has 0 aliphatic carbocycles. The predicted molar refractivity (Wildman–Crippen MR) is 69.8 cm³/mol. The van der Waals surface area contributed by atoms with E-state index in [9.17, 15) is 4.79 Å². The van der Waals surface area contributed by atoms with Crippen molar-refractivity contribution in [2.75, 3.05) is 24.6 Å². The van der Waals surface area contributed by atoms with Crippen molar-refractivity contribution >= 4 is 11.9 Å². The molecule has 6 heteroatoms. The summed E-state index contributed by atoms with van der Waals surface area (Å²) in [6, 6.07) is 2.30. The molecular formula is C13H18N4O2. The van der Waals surface area contributed by atoms with Gasteiger partial charge in [0.25, 0.3) is 0 Å². The first-order chi connectivity index (χ1) is 9.15. The van der Waals surface area contributed by atoms with Gasteiger partial charge in [-0.3, -0.25) is 0 Å². The van der Waals surface area contributed by atoms with E-state index < -0.39 is 0 Å². The van der Waals surface area contributed by atoms with Crippen LogP contribution in [0.25, 0.3) is 0 Å². The van der Waals surface area contributed by atoms with Gasteiger partial charge in [-0.1, -0.05) is 0 Å². The van der Waals surface area contributed by atoms with Crippen LogP contribution in [0.4, 0.5) is 5.95 Å². The molecule has 0 radical (unpaired) electrons. The molecule has 0 aromatic carbocycles. The van der Waals surface area contributed by atoms with Gasteiger partial charge in [0.05, 0.1) is 18.4 Å². The number of hydrogen-bond acceptors (Lipinski definition) is 5. The normalized spacial score (nSPS) is 16.2. The highest BCUT2D eigenvalue weighted by Gasteiger charge is 2.23. The van der Waals surface area contributed by atoms with Gasteiger partial charge in [0.15, 0.2) is 0 Å². The number of aromatic amines is 1. The first kappa shape index (κ1) is 13.4. The van der Waals surface area contributed by atoms with Crippen molar-refractivity contribution in [1.82, 2.24) is 9.97 Å². The molecular weight excluding hydrogens is 244 g/mol. The lowest BCUT2D eigenvalue weighted by molar-refractivity contribution is 0.0519. The van der Waals surface area contributed by atoms with Gasteiger partial charge in [0.1, 0.15) is 5.69 Å². The van der Waals surface area contributed by atoms with E-state index in [0.29, 0.717) is 23.9 Å². The van der Waals surface area contributed by atoms with Crippen LogP contribution in [0.15, 0.2) is 0 Å². The van der Waals surface area contributed by atoms with Crippen LogP contribution in [0.5, 0.6) is 0 Å². The number of nitriles is 1. The summed E-state index contributed by atoms with van der Waals surface area (Å²) in [6.07, 6.45) is 1.68. The molecule has 1 aromatic heterocycles. The summed E-state index contributed by atoms with van der Waals surface area (Å²) in [6.45, 7) is 5.48. The summed E-state index contributed by atoms with van der Waals surface area (Å²) < 4.78 is 4.97. The van der Waals surface area contributed by atoms with Crippen molar-refractivity contribution in [1.29, 1.82) is 5.26 Å². The Morgan fingerprint density at radius 2 is 2.26 bits per heavy atom. The van der Waals surface area contributed by atoms with Crippen LogP contribution < -0.4 is 4.90 Å². The van der Waals surface area contributed by atoms with Gasteiger partial charge >= 0.3 is 5.97 Å². The Hall–Kier alpha value is -2.03. The van der Waals surface area contributed by atoms with E-state index in [-0.39, 0.29) is 11.9 Å². The molecule has 0 atom stereocenters. The molecule has 1 aromatic rings. The quantitative estimate of drug-likeness (QED) is 0.837. The van der Waals surface area contributed by atoms with E-state index >= 15 is 0 Å². The fraction of sp³-hybridized carbons (Fsp3) is 0.615. The molecule has 0 saturated carbocycles. The fourth-order valence-electron chi connectivity index (χ4n) is 2.22. The van der Waals surface area contributed by atoms with Crippen molar-refractivity contribution in [3.8, 4) is 6.07 Å². The number of rotatable bonds is 3. The standard InChI is InChI=1S/C13H18N4O2/c1-3-19-12(18)11-9(2)15-13(16-11)17-6-4-10(8-14)5-7-17/h10H,3-7H2,1-2H3,(H,15,16). The summed E-state index contributed by atoms with van der Waals surface area (Å²) in [5.74, 6) is 0.458. The Kier molecular flexibility index (Phi) is 4.05. The SMILES string of the molecule is CCOC(=O)c1[nH]c(N2CCC(C#N)CC2)nc1C. The van der Waals surface area contributed by atoms with Crippen LogP contribution in [-0.2, 0) is 4.74 Å². The topological polar surface area (TPSA) is 82.0 Å². The Bertz CT molecular complexity index is 495. The number of hydrogen-bond donors (Lipinski definition) is 1. The Balaban J connectivity index is 2.08. The highest BCUT2D eigenvalue weighted by Crippen LogP contribution is 2.22. The predicted octanol–water partition coefficient (Wildman–Crippen LogP) is 1.63. The van der Waals surface area contributed by atoms with Gasteiger partial charge in [0.2, 0.25) is 5.95 Å². The monoisotopic (exact) mass is 262 g/mol. The highest BCUT2D eigenvalue weighted by molar-refractivity contribution is 5.89. The molecule has 0 spiro atoms. The molecule has 1 aliphatic heterocycles. The van der Waals surface area contributed by atoms with Crippen molar-refractivity contribution < 1.29 is 9.53 Å². The van der Waals surface area contributed by atoms with E-state index in [0.717, 1.165) is 25.9 Å². The number of anilines is 1. The smallest absolute Gasteiger partial charge is 0.356 e. The lowest BCUT2D eigenvalue weighted by Gasteiger charge is -2.28. The molecule has 1 saturated heterocycles.